The summed E-state index contributed by atoms with van der Waals surface area (Å²) in [6.07, 6.45) is -10.9. The standard InChI is InChI=1S/C10H16N2O4.C9H15NO6.C9H17NO4.CO2/c1-5-8(12-6(2)13)10(15)9(14)7(16-5)4-11-3;1-3-5(10-4(2)11)6(12)7(13)8(16-3)9(14)15;1-4-7(10-6(3)11)9(13)8(12)5(2)14-4;2-1-3/h5,7-10,14-15H,4H2,1-2H3,(H,12,13);3,5-8,12-13H,1-2H3,(H,10,11)(H,14,15);4-5,7-9,12-13H,1-3H3,(H,10,11);/t5?,7-,8+,9+,10-;3?,5-,6+,7+,8-;4?,5-,7+,8+,9-;/m101./s1. The minimum absolute atomic E-state index is 0.00461. The van der Waals surface area contributed by atoms with E-state index < -0.39 is 91.2 Å². The van der Waals surface area contributed by atoms with Gasteiger partial charge in [-0.3, -0.25) is 14.4 Å². The normalized spacial score (nSPS) is 38.0. The van der Waals surface area contributed by atoms with Crippen LogP contribution in [0.15, 0.2) is 0 Å². The number of nitrogens with one attached hydrogen (secondary N) is 3. The Morgan fingerprint density at radius 3 is 1.33 bits per heavy atom. The van der Waals surface area contributed by atoms with Crippen molar-refractivity contribution in [3.8, 4) is 0 Å². The second-order valence-corrected chi connectivity index (χ2v) is 11.6. The van der Waals surface area contributed by atoms with Crippen molar-refractivity contribution >= 4 is 29.8 Å². The third kappa shape index (κ3) is 14.0. The number of amides is 3. The molecule has 3 amide bonds. The highest BCUT2D eigenvalue weighted by Crippen LogP contribution is 2.23. The fourth-order valence-corrected chi connectivity index (χ4v) is 5.25. The van der Waals surface area contributed by atoms with Crippen LogP contribution in [0.25, 0.3) is 4.85 Å². The van der Waals surface area contributed by atoms with E-state index in [0.29, 0.717) is 0 Å². The van der Waals surface area contributed by atoms with Crippen molar-refractivity contribution in [3.05, 3.63) is 11.4 Å². The lowest BCUT2D eigenvalue weighted by Gasteiger charge is -2.40. The predicted molar refractivity (Wildman–Crippen MR) is 162 cm³/mol. The number of carboxylic acid groups (broad SMARTS) is 1. The number of nitrogens with zero attached hydrogens (tertiary/aromatic N) is 1. The molecule has 0 aromatic heterocycles. The predicted octanol–water partition coefficient (Wildman–Crippen LogP) is -4.56. The first kappa shape index (κ1) is 45.4. The number of aliphatic carboxylic acids is 1. The van der Waals surface area contributed by atoms with Crippen molar-refractivity contribution in [3.63, 3.8) is 0 Å². The van der Waals surface area contributed by atoms with Gasteiger partial charge in [0.05, 0.1) is 42.5 Å². The highest BCUT2D eigenvalue weighted by atomic mass is 16.5. The minimum Gasteiger partial charge on any atom is -0.479 e. The second kappa shape index (κ2) is 21.5. The summed E-state index contributed by atoms with van der Waals surface area (Å²) in [7, 11) is 0. The highest BCUT2D eigenvalue weighted by molar-refractivity contribution is 5.75. The Hall–Kier alpha value is -3.61. The number of carbonyl (C=O) groups is 4. The average Bonchev–Trinajstić information content (AvgIpc) is 3.00. The van der Waals surface area contributed by atoms with E-state index in [-0.39, 0.29) is 36.5 Å². The molecule has 3 fully saturated rings. The summed E-state index contributed by atoms with van der Waals surface area (Å²) in [5.41, 5.74) is 0. The molecule has 3 unspecified atom stereocenters. The zero-order chi connectivity index (χ0) is 38.3. The van der Waals surface area contributed by atoms with Crippen molar-refractivity contribution in [2.75, 3.05) is 6.54 Å². The summed E-state index contributed by atoms with van der Waals surface area (Å²) < 4.78 is 15.8. The van der Waals surface area contributed by atoms with Gasteiger partial charge in [0.25, 0.3) is 0 Å². The Labute approximate surface area is 282 Å². The summed E-state index contributed by atoms with van der Waals surface area (Å²) in [5, 5.41) is 74.1. The van der Waals surface area contributed by atoms with Crippen LogP contribution >= 0.6 is 0 Å². The van der Waals surface area contributed by atoms with Gasteiger partial charge >= 0.3 is 12.1 Å². The third-order valence-electron chi connectivity index (χ3n) is 7.65. The SMILES string of the molecule is CC(=O)N[C@H]1C(C)O[C@H](C(=O)O)[C@H](O)[C@@H]1O.CC(=O)N[C@H]1C(C)O[C@H](C)[C@H](O)[C@@H]1O.O=C=O.[C-]#[N+]C[C@H]1OC(C)[C@H](NC(C)=O)[C@@H](O)[C@H]1O. The number of hydrogen-bond donors (Lipinski definition) is 10. The molecule has 3 heterocycles. The van der Waals surface area contributed by atoms with Crippen molar-refractivity contribution in [2.24, 2.45) is 0 Å². The molecule has 3 saturated heterocycles. The lowest BCUT2D eigenvalue weighted by atomic mass is 9.93. The molecular weight excluding hydrogens is 660 g/mol. The molecule has 0 saturated carbocycles. The Morgan fingerprint density at radius 1 is 0.612 bits per heavy atom. The highest BCUT2D eigenvalue weighted by Gasteiger charge is 2.46. The molecule has 3 aliphatic rings. The molecule has 0 bridgehead atoms. The van der Waals surface area contributed by atoms with Gasteiger partial charge in [-0.25, -0.2) is 11.4 Å². The molecule has 0 spiro atoms. The fourth-order valence-electron chi connectivity index (χ4n) is 5.25. The molecule has 0 aliphatic carbocycles. The minimum atomic E-state index is -1.56. The van der Waals surface area contributed by atoms with E-state index in [2.05, 4.69) is 20.8 Å². The van der Waals surface area contributed by atoms with Gasteiger partial charge < -0.3 is 70.8 Å². The number of rotatable bonds is 5. The van der Waals surface area contributed by atoms with Gasteiger partial charge in [0.1, 0.15) is 36.6 Å². The largest absolute Gasteiger partial charge is 0.479 e. The number of ether oxygens (including phenoxy) is 3. The molecule has 0 aromatic carbocycles. The van der Waals surface area contributed by atoms with Gasteiger partial charge in [0, 0.05) is 20.8 Å². The zero-order valence-corrected chi connectivity index (χ0v) is 28.1. The first-order valence-electron chi connectivity index (χ1n) is 15.1. The Morgan fingerprint density at radius 2 is 0.959 bits per heavy atom. The molecule has 49 heavy (non-hydrogen) atoms. The Kier molecular flexibility index (Phi) is 19.9. The van der Waals surface area contributed by atoms with Crippen LogP contribution in [-0.4, -0.2) is 164 Å². The lowest BCUT2D eigenvalue weighted by Crippen LogP contribution is -2.64. The molecule has 10 N–H and O–H groups in total. The van der Waals surface area contributed by atoms with Crippen molar-refractivity contribution in [2.45, 2.75) is 140 Å². The van der Waals surface area contributed by atoms with Gasteiger partial charge in [-0.15, -0.1) is 0 Å². The van der Waals surface area contributed by atoms with Gasteiger partial charge in [0.15, 0.2) is 12.2 Å². The third-order valence-corrected chi connectivity index (χ3v) is 7.65. The van der Waals surface area contributed by atoms with Gasteiger partial charge in [-0.2, -0.15) is 9.59 Å². The topological polar surface area (TPSA) is 312 Å². The van der Waals surface area contributed by atoms with E-state index in [1.54, 1.807) is 20.8 Å². The number of aliphatic hydroxyl groups excluding tert-OH is 6. The van der Waals surface area contributed by atoms with Crippen LogP contribution in [0, 0.1) is 6.57 Å². The molecular formula is C29H48N4O16. The van der Waals surface area contributed by atoms with E-state index >= 15 is 0 Å². The van der Waals surface area contributed by atoms with Crippen LogP contribution in [0.1, 0.15) is 48.5 Å². The molecule has 20 nitrogen and oxygen atoms in total. The maximum atomic E-state index is 10.9. The van der Waals surface area contributed by atoms with E-state index in [0.717, 1.165) is 0 Å². The number of carboxylic acids is 1. The van der Waals surface area contributed by atoms with E-state index in [1.165, 1.54) is 27.7 Å². The molecule has 3 aliphatic heterocycles. The number of hydrogen-bond acceptors (Lipinski definition) is 15. The lowest BCUT2D eigenvalue weighted by molar-refractivity contribution is -0.199. The summed E-state index contributed by atoms with van der Waals surface area (Å²) in [6, 6.07) is -2.00. The Bertz CT molecular complexity index is 1160. The average molecular weight is 709 g/mol. The van der Waals surface area contributed by atoms with Crippen LogP contribution in [0.5, 0.6) is 0 Å². The maximum absolute atomic E-state index is 10.9. The van der Waals surface area contributed by atoms with Crippen LogP contribution in [0.3, 0.4) is 0 Å². The van der Waals surface area contributed by atoms with Gasteiger partial charge in [0.2, 0.25) is 24.3 Å². The summed E-state index contributed by atoms with van der Waals surface area (Å²) in [5.74, 6) is -2.28. The van der Waals surface area contributed by atoms with Crippen LogP contribution in [-0.2, 0) is 43.0 Å². The Balaban J connectivity index is 0.000000678. The van der Waals surface area contributed by atoms with Gasteiger partial charge in [-0.05, 0) is 27.7 Å². The van der Waals surface area contributed by atoms with E-state index in [1.807, 2.05) is 0 Å². The smallest absolute Gasteiger partial charge is 0.373 e. The monoisotopic (exact) mass is 708 g/mol. The van der Waals surface area contributed by atoms with Crippen molar-refractivity contribution in [1.29, 1.82) is 0 Å². The zero-order valence-electron chi connectivity index (χ0n) is 28.1. The number of carbonyl (C=O) groups excluding carboxylic acids is 5. The van der Waals surface area contributed by atoms with Crippen LogP contribution < -0.4 is 16.0 Å². The second-order valence-electron chi connectivity index (χ2n) is 11.6. The molecule has 280 valence electrons. The summed E-state index contributed by atoms with van der Waals surface area (Å²) in [4.78, 5) is 62.7. The maximum Gasteiger partial charge on any atom is 0.373 e. The van der Waals surface area contributed by atoms with Crippen molar-refractivity contribution < 1.29 is 78.7 Å². The van der Waals surface area contributed by atoms with Gasteiger partial charge in [-0.1, -0.05) is 0 Å². The van der Waals surface area contributed by atoms with Crippen LogP contribution in [0.4, 0.5) is 0 Å². The summed E-state index contributed by atoms with van der Waals surface area (Å²) in [6.45, 7) is 17.3. The van der Waals surface area contributed by atoms with Crippen LogP contribution in [0.2, 0.25) is 0 Å². The number of aliphatic hydroxyl groups is 6. The molecule has 0 aromatic rings. The van der Waals surface area contributed by atoms with Crippen molar-refractivity contribution in [1.82, 2.24) is 16.0 Å². The molecule has 15 atom stereocenters. The molecule has 0 radical (unpaired) electrons. The first-order chi connectivity index (χ1) is 22.7. The molecule has 3 rings (SSSR count). The molecule has 20 heteroatoms. The van der Waals surface area contributed by atoms with E-state index in [4.69, 9.17) is 35.5 Å². The first-order valence-corrected chi connectivity index (χ1v) is 15.1. The summed E-state index contributed by atoms with van der Waals surface area (Å²) >= 11 is 0. The van der Waals surface area contributed by atoms with E-state index in [9.17, 15) is 49.8 Å². The quantitative estimate of drug-likeness (QED) is 0.120. The fraction of sp³-hybridized carbons (Fsp3) is 0.793.